The zero-order valence-corrected chi connectivity index (χ0v) is 14.4. The molecule has 0 heterocycles. The fraction of sp³-hybridized carbons (Fsp3) is 0.867. The van der Waals surface area contributed by atoms with Crippen LogP contribution >= 0.6 is 22.6 Å². The van der Waals surface area contributed by atoms with E-state index in [1.54, 1.807) is 0 Å². The molecule has 0 bridgehead atoms. The average molecular weight is 398 g/mol. The lowest BCUT2D eigenvalue weighted by molar-refractivity contribution is 0.000924. The lowest BCUT2D eigenvalue weighted by Crippen LogP contribution is -2.12. The zero-order valence-electron chi connectivity index (χ0n) is 12.3. The third-order valence-corrected chi connectivity index (χ3v) is 3.24. The molecule has 0 aliphatic rings. The highest BCUT2D eigenvalue weighted by Crippen LogP contribution is 2.02. The van der Waals surface area contributed by atoms with Crippen molar-refractivity contribution in [2.45, 2.75) is 25.7 Å². The number of ether oxygens (including phenoxy) is 4. The minimum absolute atomic E-state index is 0.343. The van der Waals surface area contributed by atoms with Crippen LogP contribution in [-0.4, -0.2) is 57.3 Å². The smallest absolute Gasteiger partial charge is 0.107 e. The highest BCUT2D eigenvalue weighted by atomic mass is 127. The number of terminal acetylenes is 1. The highest BCUT2D eigenvalue weighted by molar-refractivity contribution is 14.1. The third-order valence-electron chi connectivity index (χ3n) is 2.47. The molecule has 0 N–H and O–H groups in total. The zero-order chi connectivity index (χ0) is 14.7. The van der Waals surface area contributed by atoms with E-state index < -0.39 is 0 Å². The van der Waals surface area contributed by atoms with Crippen molar-refractivity contribution in [1.82, 2.24) is 0 Å². The minimum atomic E-state index is 0.343. The van der Waals surface area contributed by atoms with E-state index in [9.17, 15) is 0 Å². The average Bonchev–Trinajstić information content (AvgIpc) is 2.47. The van der Waals surface area contributed by atoms with Gasteiger partial charge in [0.25, 0.3) is 0 Å². The molecule has 0 aromatic rings. The van der Waals surface area contributed by atoms with Gasteiger partial charge in [0.1, 0.15) is 6.61 Å². The molecule has 0 aliphatic carbocycles. The van der Waals surface area contributed by atoms with Crippen molar-refractivity contribution in [3.05, 3.63) is 0 Å². The van der Waals surface area contributed by atoms with Crippen LogP contribution in [0.25, 0.3) is 0 Å². The van der Waals surface area contributed by atoms with Crippen molar-refractivity contribution in [2.75, 3.05) is 57.3 Å². The molecule has 0 aromatic heterocycles. The third kappa shape index (κ3) is 18.1. The first-order valence-corrected chi connectivity index (χ1v) is 8.74. The van der Waals surface area contributed by atoms with E-state index in [0.29, 0.717) is 46.2 Å². The molecule has 0 unspecified atom stereocenters. The number of unbranched alkanes of at least 4 members (excludes halogenated alkanes) is 3. The lowest BCUT2D eigenvalue weighted by Gasteiger charge is -2.06. The van der Waals surface area contributed by atoms with Gasteiger partial charge >= 0.3 is 0 Å². The predicted octanol–water partition coefficient (Wildman–Crippen LogP) is 2.68. The maximum atomic E-state index is 5.48. The molecule has 0 aliphatic heterocycles. The molecule has 0 saturated heterocycles. The Hall–Kier alpha value is 0.130. The van der Waals surface area contributed by atoms with Crippen molar-refractivity contribution < 1.29 is 18.9 Å². The van der Waals surface area contributed by atoms with Gasteiger partial charge in [0.15, 0.2) is 0 Å². The predicted molar refractivity (Wildman–Crippen MR) is 89.5 cm³/mol. The highest BCUT2D eigenvalue weighted by Gasteiger charge is 1.93. The fourth-order valence-corrected chi connectivity index (χ4v) is 1.98. The SMILES string of the molecule is C#CCOCCOCCOCCOCCCCCCI. The van der Waals surface area contributed by atoms with Gasteiger partial charge in [0.2, 0.25) is 0 Å². The van der Waals surface area contributed by atoms with Gasteiger partial charge in [-0.05, 0) is 17.3 Å². The summed E-state index contributed by atoms with van der Waals surface area (Å²) < 4.78 is 22.5. The quantitative estimate of drug-likeness (QED) is 0.173. The van der Waals surface area contributed by atoms with Gasteiger partial charge in [-0.3, -0.25) is 0 Å². The Kier molecular flexibility index (Phi) is 19.3. The van der Waals surface area contributed by atoms with Crippen molar-refractivity contribution in [2.24, 2.45) is 0 Å². The number of alkyl halides is 1. The Morgan fingerprint density at radius 1 is 0.650 bits per heavy atom. The monoisotopic (exact) mass is 398 g/mol. The molecule has 0 spiro atoms. The summed E-state index contributed by atoms with van der Waals surface area (Å²) in [6.07, 6.45) is 10.1. The van der Waals surface area contributed by atoms with Crippen LogP contribution in [0.1, 0.15) is 25.7 Å². The largest absolute Gasteiger partial charge is 0.379 e. The molecule has 4 nitrogen and oxygen atoms in total. The van der Waals surface area contributed by atoms with Gasteiger partial charge in [-0.1, -0.05) is 41.4 Å². The second kappa shape index (κ2) is 19.1. The molecule has 20 heavy (non-hydrogen) atoms. The summed E-state index contributed by atoms with van der Waals surface area (Å²) in [4.78, 5) is 0. The van der Waals surface area contributed by atoms with Crippen molar-refractivity contribution in [1.29, 1.82) is 0 Å². The first-order valence-electron chi connectivity index (χ1n) is 7.22. The number of rotatable bonds is 16. The maximum Gasteiger partial charge on any atom is 0.107 e. The molecule has 118 valence electrons. The Morgan fingerprint density at radius 3 is 1.70 bits per heavy atom. The van der Waals surface area contributed by atoms with Crippen molar-refractivity contribution in [3.63, 3.8) is 0 Å². The normalized spacial score (nSPS) is 10.6. The summed E-state index contributed by atoms with van der Waals surface area (Å²) >= 11 is 2.42. The Bertz CT molecular complexity index is 218. The van der Waals surface area contributed by atoms with Crippen LogP contribution in [-0.2, 0) is 18.9 Å². The summed E-state index contributed by atoms with van der Waals surface area (Å²) in [5, 5.41) is 0. The first-order chi connectivity index (χ1) is 9.91. The van der Waals surface area contributed by atoms with Gasteiger partial charge in [0, 0.05) is 6.61 Å². The summed E-state index contributed by atoms with van der Waals surface area (Å²) in [7, 11) is 0. The number of hydrogen-bond donors (Lipinski definition) is 0. The van der Waals surface area contributed by atoms with E-state index >= 15 is 0 Å². The summed E-state index contributed by atoms with van der Waals surface area (Å²) in [5.41, 5.74) is 0. The summed E-state index contributed by atoms with van der Waals surface area (Å²) in [6.45, 7) is 4.73. The fourth-order valence-electron chi connectivity index (χ4n) is 1.44. The van der Waals surface area contributed by atoms with Crippen LogP contribution in [0, 0.1) is 12.3 Å². The van der Waals surface area contributed by atoms with Crippen LogP contribution < -0.4 is 0 Å². The minimum Gasteiger partial charge on any atom is -0.379 e. The van der Waals surface area contributed by atoms with Crippen LogP contribution in [0.5, 0.6) is 0 Å². The standard InChI is InChI=1S/C15H27IO4/c1-2-8-17-10-12-19-14-15-20-13-11-18-9-6-4-3-5-7-16/h1H,3-15H2. The van der Waals surface area contributed by atoms with E-state index in [-0.39, 0.29) is 0 Å². The Labute approximate surface area is 137 Å². The molecule has 0 rings (SSSR count). The number of hydrogen-bond acceptors (Lipinski definition) is 4. The van der Waals surface area contributed by atoms with Gasteiger partial charge in [-0.2, -0.15) is 0 Å². The molecule has 0 fully saturated rings. The molecule has 0 atom stereocenters. The molecule has 5 heteroatoms. The molecule has 0 saturated carbocycles. The first kappa shape index (κ1) is 20.1. The van der Waals surface area contributed by atoms with Crippen LogP contribution in [0.3, 0.4) is 0 Å². The van der Waals surface area contributed by atoms with E-state index in [1.165, 1.54) is 23.7 Å². The second-order valence-electron chi connectivity index (χ2n) is 4.20. The molecule has 0 radical (unpaired) electrons. The van der Waals surface area contributed by atoms with Crippen molar-refractivity contribution >= 4 is 22.6 Å². The Balaban J connectivity index is 2.91. The molecule has 0 aromatic carbocycles. The Morgan fingerprint density at radius 2 is 1.15 bits per heavy atom. The van der Waals surface area contributed by atoms with E-state index in [4.69, 9.17) is 25.4 Å². The van der Waals surface area contributed by atoms with Gasteiger partial charge < -0.3 is 18.9 Å². The topological polar surface area (TPSA) is 36.9 Å². The van der Waals surface area contributed by atoms with E-state index in [2.05, 4.69) is 28.5 Å². The van der Waals surface area contributed by atoms with E-state index in [0.717, 1.165) is 13.0 Å². The second-order valence-corrected chi connectivity index (χ2v) is 5.28. The van der Waals surface area contributed by atoms with E-state index in [1.807, 2.05) is 0 Å². The number of halogens is 1. The summed E-state index contributed by atoms with van der Waals surface area (Å²) in [6, 6.07) is 0. The van der Waals surface area contributed by atoms with Gasteiger partial charge in [0.05, 0.1) is 39.6 Å². The van der Waals surface area contributed by atoms with Crippen LogP contribution in [0.2, 0.25) is 0 Å². The van der Waals surface area contributed by atoms with Gasteiger partial charge in [-0.15, -0.1) is 6.42 Å². The molecule has 0 amide bonds. The molecular weight excluding hydrogens is 371 g/mol. The maximum absolute atomic E-state index is 5.48. The molecular formula is C15H27IO4. The lowest BCUT2D eigenvalue weighted by atomic mass is 10.2. The van der Waals surface area contributed by atoms with Crippen molar-refractivity contribution in [3.8, 4) is 12.3 Å². The van der Waals surface area contributed by atoms with Crippen LogP contribution in [0.4, 0.5) is 0 Å². The summed E-state index contributed by atoms with van der Waals surface area (Å²) in [5.74, 6) is 2.40. The van der Waals surface area contributed by atoms with Crippen LogP contribution in [0.15, 0.2) is 0 Å². The van der Waals surface area contributed by atoms with Gasteiger partial charge in [-0.25, -0.2) is 0 Å².